The highest BCUT2D eigenvalue weighted by atomic mass is 32.2. The van der Waals surface area contributed by atoms with Crippen LogP contribution in [-0.2, 0) is 10.1 Å². The van der Waals surface area contributed by atoms with Crippen LogP contribution < -0.4 is 0 Å². The van der Waals surface area contributed by atoms with Crippen molar-refractivity contribution in [3.63, 3.8) is 0 Å². The van der Waals surface area contributed by atoms with Gasteiger partial charge in [-0.3, -0.25) is 4.55 Å². The predicted octanol–water partition coefficient (Wildman–Crippen LogP) is 1.31. The highest BCUT2D eigenvalue weighted by molar-refractivity contribution is 7.85. The van der Waals surface area contributed by atoms with Crippen molar-refractivity contribution in [1.29, 1.82) is 0 Å². The van der Waals surface area contributed by atoms with E-state index in [1.54, 1.807) is 0 Å². The largest absolute Gasteiger partial charge is 0.396 e. The molecule has 15 heavy (non-hydrogen) atoms. The van der Waals surface area contributed by atoms with Crippen LogP contribution in [0.4, 0.5) is 0 Å². The third-order valence-electron chi connectivity index (χ3n) is 4.42. The molecule has 0 saturated heterocycles. The maximum absolute atomic E-state index is 11.0. The average molecular weight is 236 g/mol. The van der Waals surface area contributed by atoms with Gasteiger partial charge in [0, 0.05) is 5.41 Å². The van der Waals surface area contributed by atoms with Crippen LogP contribution in [0.2, 0.25) is 0 Å². The minimum absolute atomic E-state index is 0.190. The van der Waals surface area contributed by atoms with Crippen LogP contribution in [0.25, 0.3) is 0 Å². The Morgan fingerprint density at radius 1 is 1.40 bits per heavy atom. The molecule has 1 fully saturated rings. The number of aliphatic hydroxyl groups excluding tert-OH is 1. The summed E-state index contributed by atoms with van der Waals surface area (Å²) < 4.78 is 30.9. The molecule has 2 N–H and O–H groups in total. The van der Waals surface area contributed by atoms with E-state index in [1.165, 1.54) is 0 Å². The zero-order valence-electron chi connectivity index (χ0n) is 9.52. The Kier molecular flexibility index (Phi) is 3.20. The van der Waals surface area contributed by atoms with Crippen molar-refractivity contribution in [2.45, 2.75) is 33.6 Å². The summed E-state index contributed by atoms with van der Waals surface area (Å²) >= 11 is 0. The van der Waals surface area contributed by atoms with E-state index < -0.39 is 15.5 Å². The first-order chi connectivity index (χ1) is 6.65. The van der Waals surface area contributed by atoms with Crippen molar-refractivity contribution in [3.05, 3.63) is 0 Å². The molecule has 0 aromatic carbocycles. The summed E-state index contributed by atoms with van der Waals surface area (Å²) in [5.74, 6) is 0.0137. The molecule has 2 unspecified atom stereocenters. The van der Waals surface area contributed by atoms with Crippen molar-refractivity contribution in [2.24, 2.45) is 16.7 Å². The van der Waals surface area contributed by atoms with Gasteiger partial charge in [0.15, 0.2) is 0 Å². The minimum atomic E-state index is -4.03. The molecule has 4 nitrogen and oxygen atoms in total. The summed E-state index contributed by atoms with van der Waals surface area (Å²) in [6, 6.07) is 0. The SMILES string of the molecule is CC1CCC(CO)(CS(=O)(=O)O)C1(C)C. The minimum Gasteiger partial charge on any atom is -0.396 e. The molecule has 1 saturated carbocycles. The van der Waals surface area contributed by atoms with Gasteiger partial charge in [-0.25, -0.2) is 0 Å². The highest BCUT2D eigenvalue weighted by Crippen LogP contribution is 2.56. The van der Waals surface area contributed by atoms with Gasteiger partial charge in [-0.15, -0.1) is 0 Å². The van der Waals surface area contributed by atoms with Crippen LogP contribution in [0.1, 0.15) is 33.6 Å². The van der Waals surface area contributed by atoms with Gasteiger partial charge in [-0.1, -0.05) is 20.8 Å². The zero-order chi connectivity index (χ0) is 11.9. The fraction of sp³-hybridized carbons (Fsp3) is 1.00. The van der Waals surface area contributed by atoms with E-state index in [0.717, 1.165) is 6.42 Å². The maximum Gasteiger partial charge on any atom is 0.265 e. The standard InChI is InChI=1S/C10H20O4S/c1-8-4-5-10(6-11,9(8,2)3)7-15(12,13)14/h8,11H,4-7H2,1-3H3,(H,12,13,14). The lowest BCUT2D eigenvalue weighted by atomic mass is 9.66. The fourth-order valence-corrected chi connectivity index (χ4v) is 3.94. The summed E-state index contributed by atoms with van der Waals surface area (Å²) in [6.45, 7) is 5.80. The van der Waals surface area contributed by atoms with E-state index in [9.17, 15) is 13.5 Å². The Morgan fingerprint density at radius 3 is 2.20 bits per heavy atom. The van der Waals surface area contributed by atoms with Crippen molar-refractivity contribution in [2.75, 3.05) is 12.4 Å². The first kappa shape index (κ1) is 12.9. The Morgan fingerprint density at radius 2 is 1.93 bits per heavy atom. The molecular formula is C10H20O4S. The molecule has 5 heteroatoms. The van der Waals surface area contributed by atoms with Gasteiger partial charge < -0.3 is 5.11 Å². The third kappa shape index (κ3) is 2.19. The molecule has 90 valence electrons. The first-order valence-electron chi connectivity index (χ1n) is 5.21. The van der Waals surface area contributed by atoms with Gasteiger partial charge in [0.05, 0.1) is 12.4 Å². The van der Waals surface area contributed by atoms with Gasteiger partial charge in [-0.05, 0) is 24.2 Å². The summed E-state index contributed by atoms with van der Waals surface area (Å²) in [6.07, 6.45) is 1.54. The average Bonchev–Trinajstić information content (AvgIpc) is 2.27. The van der Waals surface area contributed by atoms with E-state index in [1.807, 2.05) is 13.8 Å². The van der Waals surface area contributed by atoms with Crippen LogP contribution >= 0.6 is 0 Å². The molecule has 0 aromatic rings. The van der Waals surface area contributed by atoms with Crippen molar-refractivity contribution in [1.82, 2.24) is 0 Å². The summed E-state index contributed by atoms with van der Waals surface area (Å²) in [4.78, 5) is 0. The Labute approximate surface area is 91.4 Å². The van der Waals surface area contributed by atoms with Crippen LogP contribution in [0.5, 0.6) is 0 Å². The summed E-state index contributed by atoms with van der Waals surface area (Å²) in [5.41, 5.74) is -0.961. The molecule has 1 aliphatic rings. The number of aliphatic hydroxyl groups is 1. The normalized spacial score (nSPS) is 35.7. The molecule has 1 aliphatic carbocycles. The third-order valence-corrected chi connectivity index (χ3v) is 5.33. The monoisotopic (exact) mass is 236 g/mol. The van der Waals surface area contributed by atoms with Gasteiger partial charge in [-0.2, -0.15) is 8.42 Å². The lowest BCUT2D eigenvalue weighted by Gasteiger charge is -2.41. The predicted molar refractivity (Wildman–Crippen MR) is 58.1 cm³/mol. The Balaban J connectivity index is 3.06. The molecule has 0 radical (unpaired) electrons. The lowest BCUT2D eigenvalue weighted by Crippen LogP contribution is -2.44. The van der Waals surface area contributed by atoms with E-state index in [0.29, 0.717) is 12.3 Å². The number of rotatable bonds is 3. The van der Waals surface area contributed by atoms with Crippen molar-refractivity contribution < 1.29 is 18.1 Å². The summed E-state index contributed by atoms with van der Waals surface area (Å²) in [7, 11) is -4.03. The molecule has 0 bridgehead atoms. The van der Waals surface area contributed by atoms with E-state index >= 15 is 0 Å². The molecule has 0 aliphatic heterocycles. The van der Waals surface area contributed by atoms with Gasteiger partial charge >= 0.3 is 0 Å². The fourth-order valence-electron chi connectivity index (χ4n) is 2.63. The van der Waals surface area contributed by atoms with Crippen LogP contribution in [0, 0.1) is 16.7 Å². The van der Waals surface area contributed by atoms with Gasteiger partial charge in [0.2, 0.25) is 0 Å². The van der Waals surface area contributed by atoms with E-state index in [4.69, 9.17) is 4.55 Å². The zero-order valence-corrected chi connectivity index (χ0v) is 10.3. The smallest absolute Gasteiger partial charge is 0.265 e. The molecule has 0 spiro atoms. The quantitative estimate of drug-likeness (QED) is 0.724. The topological polar surface area (TPSA) is 74.6 Å². The van der Waals surface area contributed by atoms with E-state index in [2.05, 4.69) is 6.92 Å². The molecule has 0 heterocycles. The molecule has 2 atom stereocenters. The Hall–Kier alpha value is -0.130. The number of hydrogen-bond acceptors (Lipinski definition) is 3. The highest BCUT2D eigenvalue weighted by Gasteiger charge is 2.54. The van der Waals surface area contributed by atoms with Gasteiger partial charge in [0.1, 0.15) is 0 Å². The molecule has 0 aromatic heterocycles. The molecule has 0 amide bonds. The Bertz CT molecular complexity index is 333. The van der Waals surface area contributed by atoms with Gasteiger partial charge in [0.25, 0.3) is 10.1 Å². The van der Waals surface area contributed by atoms with E-state index in [-0.39, 0.29) is 17.8 Å². The lowest BCUT2D eigenvalue weighted by molar-refractivity contribution is 0.0314. The van der Waals surface area contributed by atoms with Crippen LogP contribution in [0.3, 0.4) is 0 Å². The molecular weight excluding hydrogens is 216 g/mol. The van der Waals surface area contributed by atoms with Crippen molar-refractivity contribution >= 4 is 10.1 Å². The van der Waals surface area contributed by atoms with Crippen LogP contribution in [-0.4, -0.2) is 30.4 Å². The maximum atomic E-state index is 11.0. The second-order valence-electron chi connectivity index (χ2n) is 5.33. The van der Waals surface area contributed by atoms with Crippen LogP contribution in [0.15, 0.2) is 0 Å². The number of hydrogen-bond donors (Lipinski definition) is 2. The molecule has 1 rings (SSSR count). The second kappa shape index (κ2) is 3.71. The van der Waals surface area contributed by atoms with Crippen molar-refractivity contribution in [3.8, 4) is 0 Å². The summed E-state index contributed by atoms with van der Waals surface area (Å²) in [5, 5.41) is 9.46. The second-order valence-corrected chi connectivity index (χ2v) is 6.78. The first-order valence-corrected chi connectivity index (χ1v) is 6.81.